The predicted molar refractivity (Wildman–Crippen MR) is 91.5 cm³/mol. The molecule has 124 valence electrons. The molecule has 1 aliphatic rings. The van der Waals surface area contributed by atoms with Crippen LogP contribution in [0.4, 0.5) is 5.82 Å². The fraction of sp³-hybridized carbons (Fsp3) is 0.556. The molecule has 0 atom stereocenters. The van der Waals surface area contributed by atoms with Crippen LogP contribution in [0.15, 0.2) is 29.1 Å². The lowest BCUT2D eigenvalue weighted by molar-refractivity contribution is 0.411. The number of hydrogen-bond donors (Lipinski definition) is 1. The van der Waals surface area contributed by atoms with Crippen LogP contribution in [0.3, 0.4) is 0 Å². The zero-order valence-corrected chi connectivity index (χ0v) is 14.1. The highest BCUT2D eigenvalue weighted by atomic mass is 16.3. The molecule has 2 aromatic rings. The van der Waals surface area contributed by atoms with Crippen LogP contribution in [0.5, 0.6) is 0 Å². The van der Waals surface area contributed by atoms with E-state index in [4.69, 9.17) is 4.42 Å². The molecule has 1 saturated heterocycles. The number of rotatable bonds is 6. The Morgan fingerprint density at radius 2 is 2.13 bits per heavy atom. The van der Waals surface area contributed by atoms with E-state index < -0.39 is 0 Å². The van der Waals surface area contributed by atoms with Gasteiger partial charge in [0, 0.05) is 43.0 Å². The van der Waals surface area contributed by atoms with Crippen molar-refractivity contribution >= 4 is 5.82 Å². The molecule has 2 aromatic heterocycles. The summed E-state index contributed by atoms with van der Waals surface area (Å²) in [6, 6.07) is 4.75. The van der Waals surface area contributed by atoms with Crippen molar-refractivity contribution in [2.75, 3.05) is 18.0 Å². The van der Waals surface area contributed by atoms with E-state index in [0.717, 1.165) is 62.7 Å². The van der Waals surface area contributed by atoms with Gasteiger partial charge in [-0.15, -0.1) is 0 Å². The van der Waals surface area contributed by atoms with Gasteiger partial charge in [-0.3, -0.25) is 0 Å². The first kappa shape index (κ1) is 16.0. The Morgan fingerprint density at radius 3 is 2.83 bits per heavy atom. The molecule has 1 fully saturated rings. The Morgan fingerprint density at radius 1 is 1.30 bits per heavy atom. The van der Waals surface area contributed by atoms with Crippen LogP contribution in [-0.4, -0.2) is 29.1 Å². The van der Waals surface area contributed by atoms with Crippen molar-refractivity contribution in [2.45, 2.75) is 52.1 Å². The fourth-order valence-electron chi connectivity index (χ4n) is 3.13. The molecule has 0 spiro atoms. The maximum Gasteiger partial charge on any atom is 0.132 e. The first-order valence-electron chi connectivity index (χ1n) is 8.58. The summed E-state index contributed by atoms with van der Waals surface area (Å²) in [4.78, 5) is 11.6. The largest absolute Gasteiger partial charge is 0.472 e. The molecule has 23 heavy (non-hydrogen) atoms. The van der Waals surface area contributed by atoms with Crippen LogP contribution in [0.2, 0.25) is 0 Å². The number of piperidine rings is 1. The van der Waals surface area contributed by atoms with Crippen molar-refractivity contribution < 1.29 is 4.42 Å². The predicted octanol–water partition coefficient (Wildman–Crippen LogP) is 3.09. The molecule has 0 aliphatic carbocycles. The van der Waals surface area contributed by atoms with Gasteiger partial charge >= 0.3 is 0 Å². The van der Waals surface area contributed by atoms with Crippen LogP contribution in [-0.2, 0) is 13.0 Å². The first-order valence-corrected chi connectivity index (χ1v) is 8.58. The van der Waals surface area contributed by atoms with E-state index in [1.54, 1.807) is 12.5 Å². The topological polar surface area (TPSA) is 54.2 Å². The number of aromatic nitrogens is 2. The molecule has 1 aliphatic heterocycles. The first-order chi connectivity index (χ1) is 11.2. The molecule has 0 amide bonds. The molecule has 1 N–H and O–H groups in total. The quantitative estimate of drug-likeness (QED) is 0.888. The summed E-state index contributed by atoms with van der Waals surface area (Å²) in [7, 11) is 0. The van der Waals surface area contributed by atoms with Crippen molar-refractivity contribution in [1.82, 2.24) is 15.3 Å². The smallest absolute Gasteiger partial charge is 0.132 e. The lowest BCUT2D eigenvalue weighted by Gasteiger charge is -2.33. The molecule has 0 radical (unpaired) electrons. The second-order valence-electron chi connectivity index (χ2n) is 6.29. The number of anilines is 1. The van der Waals surface area contributed by atoms with E-state index in [1.165, 1.54) is 5.56 Å². The average molecular weight is 314 g/mol. The van der Waals surface area contributed by atoms with Gasteiger partial charge in [0.15, 0.2) is 0 Å². The monoisotopic (exact) mass is 314 g/mol. The van der Waals surface area contributed by atoms with Crippen molar-refractivity contribution in [1.29, 1.82) is 0 Å². The zero-order valence-electron chi connectivity index (χ0n) is 14.1. The second-order valence-corrected chi connectivity index (χ2v) is 6.29. The van der Waals surface area contributed by atoms with E-state index >= 15 is 0 Å². The normalized spacial score (nSPS) is 16.0. The molecular formula is C18H26N4O. The highest BCUT2D eigenvalue weighted by Gasteiger charge is 2.20. The van der Waals surface area contributed by atoms with Crippen LogP contribution < -0.4 is 10.2 Å². The number of nitrogens with zero attached hydrogens (tertiary/aromatic N) is 3. The summed E-state index contributed by atoms with van der Waals surface area (Å²) in [6.45, 7) is 7.15. The summed E-state index contributed by atoms with van der Waals surface area (Å²) in [5.74, 6) is 1.97. The van der Waals surface area contributed by atoms with Gasteiger partial charge < -0.3 is 14.6 Å². The van der Waals surface area contributed by atoms with Gasteiger partial charge in [-0.25, -0.2) is 9.97 Å². The minimum atomic E-state index is 0.569. The third kappa shape index (κ3) is 4.32. The maximum atomic E-state index is 5.11. The number of furan rings is 1. The summed E-state index contributed by atoms with van der Waals surface area (Å²) in [5, 5.41) is 3.62. The van der Waals surface area contributed by atoms with Gasteiger partial charge in [0.1, 0.15) is 11.6 Å². The van der Waals surface area contributed by atoms with Gasteiger partial charge in [-0.2, -0.15) is 0 Å². The number of nitrogens with one attached hydrogen (secondary N) is 1. The van der Waals surface area contributed by atoms with Gasteiger partial charge in [-0.1, -0.05) is 13.3 Å². The van der Waals surface area contributed by atoms with Gasteiger partial charge in [0.05, 0.1) is 12.5 Å². The molecule has 0 aromatic carbocycles. The third-order valence-electron chi connectivity index (χ3n) is 4.38. The highest BCUT2D eigenvalue weighted by Crippen LogP contribution is 2.20. The standard InChI is InChI=1S/C18H26N4O/c1-3-4-17-11-18(21-14(2)20-17)22-8-5-16(6-9-22)19-12-15-7-10-23-13-15/h7,10-11,13,16,19H,3-6,8-9,12H2,1-2H3. The maximum absolute atomic E-state index is 5.11. The Labute approximate surface area is 138 Å². The van der Waals surface area contributed by atoms with Crippen LogP contribution >= 0.6 is 0 Å². The van der Waals surface area contributed by atoms with E-state index in [1.807, 2.05) is 13.0 Å². The molecule has 0 bridgehead atoms. The van der Waals surface area contributed by atoms with Crippen molar-refractivity contribution in [3.05, 3.63) is 41.7 Å². The lowest BCUT2D eigenvalue weighted by Crippen LogP contribution is -2.42. The Bertz CT molecular complexity index is 603. The molecule has 5 heteroatoms. The average Bonchev–Trinajstić information content (AvgIpc) is 3.07. The molecule has 0 unspecified atom stereocenters. The van der Waals surface area contributed by atoms with Crippen molar-refractivity contribution in [3.63, 3.8) is 0 Å². The Kier molecular flexibility index (Phi) is 5.28. The van der Waals surface area contributed by atoms with Crippen LogP contribution in [0, 0.1) is 6.92 Å². The molecule has 5 nitrogen and oxygen atoms in total. The molecule has 3 heterocycles. The van der Waals surface area contributed by atoms with E-state index in [-0.39, 0.29) is 0 Å². The van der Waals surface area contributed by atoms with Crippen molar-refractivity contribution in [3.8, 4) is 0 Å². The fourth-order valence-corrected chi connectivity index (χ4v) is 3.13. The minimum absolute atomic E-state index is 0.569. The second kappa shape index (κ2) is 7.59. The third-order valence-corrected chi connectivity index (χ3v) is 4.38. The summed E-state index contributed by atoms with van der Waals surface area (Å²) in [5.41, 5.74) is 2.37. The highest BCUT2D eigenvalue weighted by molar-refractivity contribution is 5.40. The molecular weight excluding hydrogens is 288 g/mol. The van der Waals surface area contributed by atoms with Crippen molar-refractivity contribution in [2.24, 2.45) is 0 Å². The Hall–Kier alpha value is -1.88. The van der Waals surface area contributed by atoms with E-state index in [0.29, 0.717) is 6.04 Å². The minimum Gasteiger partial charge on any atom is -0.472 e. The van der Waals surface area contributed by atoms with Gasteiger partial charge in [0.25, 0.3) is 0 Å². The number of aryl methyl sites for hydroxylation is 2. The van der Waals surface area contributed by atoms with Gasteiger partial charge in [-0.05, 0) is 32.3 Å². The Balaban J connectivity index is 1.54. The van der Waals surface area contributed by atoms with Crippen LogP contribution in [0.1, 0.15) is 43.3 Å². The lowest BCUT2D eigenvalue weighted by atomic mass is 10.0. The number of hydrogen-bond acceptors (Lipinski definition) is 5. The SMILES string of the molecule is CCCc1cc(N2CCC(NCc3ccoc3)CC2)nc(C)n1. The van der Waals surface area contributed by atoms with Crippen LogP contribution in [0.25, 0.3) is 0 Å². The van der Waals surface area contributed by atoms with E-state index in [9.17, 15) is 0 Å². The molecule has 0 saturated carbocycles. The summed E-state index contributed by atoms with van der Waals surface area (Å²) >= 11 is 0. The van der Waals surface area contributed by atoms with Gasteiger partial charge in [0.2, 0.25) is 0 Å². The molecule has 3 rings (SSSR count). The summed E-state index contributed by atoms with van der Waals surface area (Å²) in [6.07, 6.45) is 7.97. The van der Waals surface area contributed by atoms with E-state index in [2.05, 4.69) is 33.2 Å². The summed E-state index contributed by atoms with van der Waals surface area (Å²) < 4.78 is 5.11. The zero-order chi connectivity index (χ0) is 16.1.